The van der Waals surface area contributed by atoms with Gasteiger partial charge in [0.05, 0.1) is 6.61 Å². The molecule has 0 aromatic carbocycles. The molecule has 0 saturated carbocycles. The van der Waals surface area contributed by atoms with Crippen molar-refractivity contribution in [2.75, 3.05) is 19.8 Å². The minimum Gasteiger partial charge on any atom is -0.462 e. The molecule has 0 aromatic heterocycles. The summed E-state index contributed by atoms with van der Waals surface area (Å²) < 4.78 is 17.3. The van der Waals surface area contributed by atoms with Gasteiger partial charge in [-0.15, -0.1) is 0 Å². The molecule has 0 N–H and O–H groups in total. The Balaban J connectivity index is 4.42. The van der Waals surface area contributed by atoms with Gasteiger partial charge in [0.25, 0.3) is 0 Å². The molecule has 0 saturated heterocycles. The van der Waals surface area contributed by atoms with Gasteiger partial charge in [0.15, 0.2) is 6.10 Å². The van der Waals surface area contributed by atoms with Crippen LogP contribution in [0.2, 0.25) is 0 Å². The fourth-order valence-electron chi connectivity index (χ4n) is 6.80. The molecule has 66 heavy (non-hydrogen) atoms. The maximum absolute atomic E-state index is 12.8. The van der Waals surface area contributed by atoms with Gasteiger partial charge in [0, 0.05) is 19.4 Å². The fourth-order valence-corrected chi connectivity index (χ4v) is 6.80. The second-order valence-electron chi connectivity index (χ2n) is 17.0. The first-order valence-corrected chi connectivity index (χ1v) is 26.7. The van der Waals surface area contributed by atoms with Crippen molar-refractivity contribution in [3.05, 3.63) is 134 Å². The van der Waals surface area contributed by atoms with Crippen molar-refractivity contribution >= 4 is 11.9 Å². The van der Waals surface area contributed by atoms with Crippen LogP contribution in [0, 0.1) is 0 Å². The van der Waals surface area contributed by atoms with Crippen LogP contribution < -0.4 is 0 Å². The zero-order valence-corrected chi connectivity index (χ0v) is 42.7. The van der Waals surface area contributed by atoms with Crippen LogP contribution in [0.1, 0.15) is 213 Å². The number of esters is 2. The lowest BCUT2D eigenvalue weighted by Crippen LogP contribution is -2.30. The quantitative estimate of drug-likeness (QED) is 0.0346. The normalized spacial score (nSPS) is 13.3. The Morgan fingerprint density at radius 1 is 0.348 bits per heavy atom. The van der Waals surface area contributed by atoms with Gasteiger partial charge in [-0.05, 0) is 103 Å². The van der Waals surface area contributed by atoms with Gasteiger partial charge >= 0.3 is 11.9 Å². The second kappa shape index (κ2) is 55.4. The number of rotatable bonds is 47. The predicted molar refractivity (Wildman–Crippen MR) is 288 cm³/mol. The molecule has 372 valence electrons. The molecule has 0 aromatic rings. The number of hydrogen-bond acceptors (Lipinski definition) is 5. The number of carbonyl (C=O) groups excluding carboxylic acids is 2. The maximum atomic E-state index is 12.8. The molecule has 0 rings (SSSR count). The van der Waals surface area contributed by atoms with E-state index in [0.29, 0.717) is 25.9 Å². The molecule has 0 fully saturated rings. The van der Waals surface area contributed by atoms with Gasteiger partial charge in [-0.25, -0.2) is 0 Å². The molecule has 0 heterocycles. The van der Waals surface area contributed by atoms with Gasteiger partial charge < -0.3 is 14.2 Å². The molecule has 0 aliphatic rings. The van der Waals surface area contributed by atoms with Crippen molar-refractivity contribution in [1.29, 1.82) is 0 Å². The van der Waals surface area contributed by atoms with Crippen molar-refractivity contribution < 1.29 is 23.8 Å². The zero-order valence-electron chi connectivity index (χ0n) is 42.7. The maximum Gasteiger partial charge on any atom is 0.306 e. The molecule has 5 nitrogen and oxygen atoms in total. The summed E-state index contributed by atoms with van der Waals surface area (Å²) >= 11 is 0. The Morgan fingerprint density at radius 2 is 0.712 bits per heavy atom. The van der Waals surface area contributed by atoms with Crippen molar-refractivity contribution in [2.45, 2.75) is 219 Å². The summed E-state index contributed by atoms with van der Waals surface area (Å²) in [7, 11) is 0. The summed E-state index contributed by atoms with van der Waals surface area (Å²) in [5, 5.41) is 0. The van der Waals surface area contributed by atoms with Crippen LogP contribution in [0.5, 0.6) is 0 Å². The second-order valence-corrected chi connectivity index (χ2v) is 17.0. The van der Waals surface area contributed by atoms with Crippen molar-refractivity contribution in [2.24, 2.45) is 0 Å². The zero-order chi connectivity index (χ0) is 47.7. The highest BCUT2D eigenvalue weighted by Crippen LogP contribution is 2.13. The summed E-state index contributed by atoms with van der Waals surface area (Å²) in [5.74, 6) is -0.517. The highest BCUT2D eigenvalue weighted by molar-refractivity contribution is 5.70. The van der Waals surface area contributed by atoms with E-state index in [1.165, 1.54) is 57.8 Å². The lowest BCUT2D eigenvalue weighted by atomic mass is 10.1. The van der Waals surface area contributed by atoms with E-state index >= 15 is 0 Å². The lowest BCUT2D eigenvalue weighted by molar-refractivity contribution is -0.162. The van der Waals surface area contributed by atoms with Crippen LogP contribution >= 0.6 is 0 Å². The van der Waals surface area contributed by atoms with Crippen molar-refractivity contribution in [3.8, 4) is 0 Å². The first kappa shape index (κ1) is 62.0. The Morgan fingerprint density at radius 3 is 1.15 bits per heavy atom. The molecule has 0 spiro atoms. The molecule has 0 amide bonds. The predicted octanol–water partition coefficient (Wildman–Crippen LogP) is 18.3. The first-order valence-electron chi connectivity index (χ1n) is 26.7. The van der Waals surface area contributed by atoms with Gasteiger partial charge in [-0.1, -0.05) is 231 Å². The highest BCUT2D eigenvalue weighted by Gasteiger charge is 2.17. The summed E-state index contributed by atoms with van der Waals surface area (Å²) in [6, 6.07) is 0. The highest BCUT2D eigenvalue weighted by atomic mass is 16.6. The van der Waals surface area contributed by atoms with E-state index in [2.05, 4.69) is 148 Å². The fraction of sp³-hybridized carbons (Fsp3) is 0.607. The number of unbranched alkanes of at least 4 members (excludes halogenated alkanes) is 14. The smallest absolute Gasteiger partial charge is 0.306 e. The third-order valence-corrected chi connectivity index (χ3v) is 10.7. The van der Waals surface area contributed by atoms with E-state index in [4.69, 9.17) is 14.2 Å². The van der Waals surface area contributed by atoms with Crippen LogP contribution in [0.3, 0.4) is 0 Å². The lowest BCUT2D eigenvalue weighted by Gasteiger charge is -2.18. The largest absolute Gasteiger partial charge is 0.462 e. The van der Waals surface area contributed by atoms with Crippen LogP contribution in [0.4, 0.5) is 0 Å². The minimum absolute atomic E-state index is 0.0276. The molecular formula is C61H98O5. The van der Waals surface area contributed by atoms with Gasteiger partial charge in [-0.2, -0.15) is 0 Å². The number of ether oxygens (including phenoxy) is 3. The van der Waals surface area contributed by atoms with E-state index in [9.17, 15) is 9.59 Å². The topological polar surface area (TPSA) is 61.8 Å². The molecule has 0 aliphatic heterocycles. The summed E-state index contributed by atoms with van der Waals surface area (Å²) in [6.45, 7) is 7.44. The Bertz CT molecular complexity index is 1400. The number of carbonyl (C=O) groups is 2. The molecule has 0 bridgehead atoms. The molecular weight excluding hydrogens is 813 g/mol. The van der Waals surface area contributed by atoms with Gasteiger partial charge in [0.1, 0.15) is 6.61 Å². The minimum atomic E-state index is -0.588. The Hall–Kier alpha value is -3.96. The van der Waals surface area contributed by atoms with Crippen LogP contribution in [0.15, 0.2) is 134 Å². The van der Waals surface area contributed by atoms with Crippen molar-refractivity contribution in [1.82, 2.24) is 0 Å². The van der Waals surface area contributed by atoms with E-state index in [1.807, 2.05) is 6.08 Å². The average Bonchev–Trinajstić information content (AvgIpc) is 3.32. The van der Waals surface area contributed by atoms with E-state index < -0.39 is 6.10 Å². The molecule has 1 unspecified atom stereocenters. The summed E-state index contributed by atoms with van der Waals surface area (Å²) in [5.41, 5.74) is 0. The van der Waals surface area contributed by atoms with Crippen molar-refractivity contribution in [3.63, 3.8) is 0 Å². The van der Waals surface area contributed by atoms with Crippen LogP contribution in [0.25, 0.3) is 0 Å². The van der Waals surface area contributed by atoms with Crippen LogP contribution in [-0.2, 0) is 23.8 Å². The summed E-state index contributed by atoms with van der Waals surface area (Å²) in [4.78, 5) is 25.4. The molecule has 1 atom stereocenters. The molecule has 5 heteroatoms. The molecule has 0 radical (unpaired) electrons. The van der Waals surface area contributed by atoms with E-state index in [-0.39, 0.29) is 25.2 Å². The first-order chi connectivity index (χ1) is 32.6. The third kappa shape index (κ3) is 52.7. The standard InChI is InChI=1S/C61H98O5/c1-4-7-10-13-16-19-22-24-26-28-30-32-34-36-38-41-44-47-50-53-56-64-57-59(66-61(63)55-52-49-46-43-39-21-18-15-12-9-6-3)58-65-60(62)54-51-48-45-42-40-37-35-33-31-29-27-25-23-20-17-14-11-8-5-2/h7-8,10-11,16-17,19-20,24-27,30-33,36-38,40,45,48,59H,4-6,9,12-15,18,21-23,28-29,34-35,39,41-44,46-47,49-58H2,1-3H3/b10-7-,11-8-,19-16-,20-17-,26-24-,27-25-,32-30-,33-31-,38-36-,40-37-,48-45-. The number of hydrogen-bond donors (Lipinski definition) is 0. The number of allylic oxidation sites excluding steroid dienone is 22. The third-order valence-electron chi connectivity index (χ3n) is 10.7. The van der Waals surface area contributed by atoms with E-state index in [0.717, 1.165) is 116 Å². The van der Waals surface area contributed by atoms with Gasteiger partial charge in [0.2, 0.25) is 0 Å². The van der Waals surface area contributed by atoms with E-state index in [1.54, 1.807) is 0 Å². The Labute approximate surface area is 407 Å². The SMILES string of the molecule is CC/C=C\C/C=C\C/C=C\C/C=C\C/C=C\C/C=C\CCC(=O)OCC(COCCCCCC/C=C\C/C=C\C/C=C\C/C=C\C/C=C\CC)OC(=O)CCCCCCCCCCCCC. The summed E-state index contributed by atoms with van der Waals surface area (Å²) in [6.07, 6.45) is 79.1. The van der Waals surface area contributed by atoms with Crippen LogP contribution in [-0.4, -0.2) is 37.9 Å². The Kier molecular flexibility index (Phi) is 52.0. The molecule has 0 aliphatic carbocycles. The van der Waals surface area contributed by atoms with Gasteiger partial charge in [-0.3, -0.25) is 9.59 Å². The average molecular weight is 911 g/mol. The monoisotopic (exact) mass is 911 g/mol.